The number of carboxylic acids is 1. The van der Waals surface area contributed by atoms with E-state index in [0.29, 0.717) is 12.1 Å². The van der Waals surface area contributed by atoms with Gasteiger partial charge in [0.25, 0.3) is 0 Å². The highest BCUT2D eigenvalue weighted by Gasteiger charge is 2.32. The molecule has 0 bridgehead atoms. The number of benzene rings is 1. The minimum Gasteiger partial charge on any atom is -0.478 e. The number of amides is 1. The minimum absolute atomic E-state index is 0.119. The van der Waals surface area contributed by atoms with Gasteiger partial charge in [0.05, 0.1) is 11.3 Å². The Kier molecular flexibility index (Phi) is 4.96. The fourth-order valence-electron chi connectivity index (χ4n) is 3.02. The first-order valence-electron chi connectivity index (χ1n) is 7.37. The molecule has 0 heterocycles. The van der Waals surface area contributed by atoms with Crippen LogP contribution in [0.4, 0.5) is 5.69 Å². The third-order valence-corrected chi connectivity index (χ3v) is 4.27. The van der Waals surface area contributed by atoms with Crippen molar-refractivity contribution in [1.29, 1.82) is 0 Å². The van der Waals surface area contributed by atoms with Crippen molar-refractivity contribution in [3.05, 3.63) is 29.8 Å². The molecular formula is C16H22N2O3. The van der Waals surface area contributed by atoms with Gasteiger partial charge in [0.1, 0.15) is 0 Å². The van der Waals surface area contributed by atoms with Gasteiger partial charge in [0.15, 0.2) is 0 Å². The van der Waals surface area contributed by atoms with Gasteiger partial charge in [-0.3, -0.25) is 4.79 Å². The summed E-state index contributed by atoms with van der Waals surface area (Å²) in [7, 11) is 1.89. The molecule has 1 fully saturated rings. The molecule has 0 radical (unpaired) electrons. The monoisotopic (exact) mass is 290 g/mol. The lowest BCUT2D eigenvalue weighted by molar-refractivity contribution is -0.117. The predicted octanol–water partition coefficient (Wildman–Crippen LogP) is 2.64. The third kappa shape index (κ3) is 3.82. The number of carbonyl (C=O) groups is 2. The van der Waals surface area contributed by atoms with E-state index < -0.39 is 5.97 Å². The minimum atomic E-state index is -1.04. The van der Waals surface area contributed by atoms with E-state index in [1.54, 1.807) is 18.2 Å². The summed E-state index contributed by atoms with van der Waals surface area (Å²) in [4.78, 5) is 23.4. The van der Waals surface area contributed by atoms with Crippen molar-refractivity contribution in [2.45, 2.75) is 44.1 Å². The van der Waals surface area contributed by atoms with Crippen LogP contribution in [-0.4, -0.2) is 29.6 Å². The summed E-state index contributed by atoms with van der Waals surface area (Å²) in [6.07, 6.45) is 5.80. The molecule has 0 unspecified atom stereocenters. The molecule has 5 nitrogen and oxygen atoms in total. The van der Waals surface area contributed by atoms with E-state index in [4.69, 9.17) is 5.11 Å². The van der Waals surface area contributed by atoms with Gasteiger partial charge in [-0.1, -0.05) is 31.4 Å². The highest BCUT2D eigenvalue weighted by atomic mass is 16.4. The molecule has 0 aliphatic heterocycles. The Morgan fingerprint density at radius 3 is 2.48 bits per heavy atom. The molecule has 21 heavy (non-hydrogen) atoms. The lowest BCUT2D eigenvalue weighted by Crippen LogP contribution is -2.47. The van der Waals surface area contributed by atoms with E-state index in [2.05, 4.69) is 10.6 Å². The van der Waals surface area contributed by atoms with Crippen LogP contribution in [0.5, 0.6) is 0 Å². The zero-order valence-electron chi connectivity index (χ0n) is 12.3. The number of rotatable bonds is 5. The second-order valence-corrected chi connectivity index (χ2v) is 5.67. The fraction of sp³-hybridized carbons (Fsp3) is 0.500. The first kappa shape index (κ1) is 15.5. The standard InChI is InChI=1S/C16H22N2O3/c1-17-16(9-5-2-6-10-16)11-14(19)18-13-8-4-3-7-12(13)15(20)21/h3-4,7-8,17H,2,5-6,9-11H2,1H3,(H,18,19)(H,20,21). The van der Waals surface area contributed by atoms with Gasteiger partial charge in [0, 0.05) is 12.0 Å². The second kappa shape index (κ2) is 6.72. The number of hydrogen-bond donors (Lipinski definition) is 3. The van der Waals surface area contributed by atoms with E-state index in [1.165, 1.54) is 12.5 Å². The number of anilines is 1. The summed E-state index contributed by atoms with van der Waals surface area (Å²) in [5.74, 6) is -1.17. The Hall–Kier alpha value is -1.88. The molecule has 0 atom stereocenters. The van der Waals surface area contributed by atoms with E-state index >= 15 is 0 Å². The van der Waals surface area contributed by atoms with E-state index in [1.807, 2.05) is 7.05 Å². The van der Waals surface area contributed by atoms with Gasteiger partial charge in [-0.05, 0) is 32.0 Å². The average Bonchev–Trinajstić information content (AvgIpc) is 2.48. The van der Waals surface area contributed by atoms with Crippen LogP contribution in [0.15, 0.2) is 24.3 Å². The highest BCUT2D eigenvalue weighted by molar-refractivity contribution is 6.00. The molecule has 1 amide bonds. The van der Waals surface area contributed by atoms with Crippen molar-refractivity contribution in [3.8, 4) is 0 Å². The Morgan fingerprint density at radius 2 is 1.86 bits per heavy atom. The SMILES string of the molecule is CNC1(CC(=O)Nc2ccccc2C(=O)O)CCCCC1. The van der Waals surface area contributed by atoms with Crippen LogP contribution in [-0.2, 0) is 4.79 Å². The molecule has 0 saturated heterocycles. The van der Waals surface area contributed by atoms with Crippen LogP contribution in [0.2, 0.25) is 0 Å². The van der Waals surface area contributed by atoms with Gasteiger partial charge in [-0.15, -0.1) is 0 Å². The van der Waals surface area contributed by atoms with Crippen LogP contribution in [0, 0.1) is 0 Å². The molecule has 3 N–H and O–H groups in total. The quantitative estimate of drug-likeness (QED) is 0.779. The van der Waals surface area contributed by atoms with Gasteiger partial charge < -0.3 is 15.7 Å². The Bertz CT molecular complexity index is 522. The van der Waals surface area contributed by atoms with E-state index in [9.17, 15) is 9.59 Å². The van der Waals surface area contributed by atoms with Crippen LogP contribution in [0.25, 0.3) is 0 Å². The molecule has 1 saturated carbocycles. The summed E-state index contributed by atoms with van der Waals surface area (Å²) in [5.41, 5.74) is 0.325. The van der Waals surface area contributed by atoms with Crippen molar-refractivity contribution in [1.82, 2.24) is 5.32 Å². The maximum absolute atomic E-state index is 12.3. The summed E-state index contributed by atoms with van der Waals surface area (Å²) in [6, 6.07) is 6.48. The van der Waals surface area contributed by atoms with Crippen LogP contribution < -0.4 is 10.6 Å². The number of aromatic carboxylic acids is 1. The lowest BCUT2D eigenvalue weighted by Gasteiger charge is -2.36. The third-order valence-electron chi connectivity index (χ3n) is 4.27. The molecule has 2 rings (SSSR count). The van der Waals surface area contributed by atoms with E-state index in [0.717, 1.165) is 25.7 Å². The van der Waals surface area contributed by atoms with Crippen molar-refractivity contribution in [2.24, 2.45) is 0 Å². The van der Waals surface area contributed by atoms with Gasteiger partial charge in [-0.2, -0.15) is 0 Å². The lowest BCUT2D eigenvalue weighted by atomic mass is 9.79. The topological polar surface area (TPSA) is 78.4 Å². The Labute approximate surface area is 124 Å². The number of carboxylic acid groups (broad SMARTS) is 1. The van der Waals surface area contributed by atoms with Gasteiger partial charge in [-0.25, -0.2) is 4.79 Å². The smallest absolute Gasteiger partial charge is 0.337 e. The van der Waals surface area contributed by atoms with Crippen molar-refractivity contribution in [3.63, 3.8) is 0 Å². The van der Waals surface area contributed by atoms with Crippen molar-refractivity contribution < 1.29 is 14.7 Å². The van der Waals surface area contributed by atoms with Crippen molar-refractivity contribution >= 4 is 17.6 Å². The molecule has 0 spiro atoms. The first-order chi connectivity index (χ1) is 10.1. The van der Waals surface area contributed by atoms with Gasteiger partial charge in [0.2, 0.25) is 5.91 Å². The number of hydrogen-bond acceptors (Lipinski definition) is 3. The number of para-hydroxylation sites is 1. The molecule has 1 aromatic carbocycles. The normalized spacial score (nSPS) is 17.2. The molecule has 0 aromatic heterocycles. The van der Waals surface area contributed by atoms with Crippen LogP contribution in [0.1, 0.15) is 48.9 Å². The van der Waals surface area contributed by atoms with Crippen LogP contribution in [0.3, 0.4) is 0 Å². The summed E-state index contributed by atoms with van der Waals surface area (Å²) >= 11 is 0. The molecular weight excluding hydrogens is 268 g/mol. The molecule has 114 valence electrons. The largest absolute Gasteiger partial charge is 0.478 e. The summed E-state index contributed by atoms with van der Waals surface area (Å²) < 4.78 is 0. The highest BCUT2D eigenvalue weighted by Crippen LogP contribution is 2.31. The Morgan fingerprint density at radius 1 is 1.19 bits per heavy atom. The van der Waals surface area contributed by atoms with E-state index in [-0.39, 0.29) is 17.0 Å². The number of nitrogens with one attached hydrogen (secondary N) is 2. The maximum Gasteiger partial charge on any atom is 0.337 e. The number of carbonyl (C=O) groups excluding carboxylic acids is 1. The molecule has 1 aromatic rings. The molecule has 1 aliphatic carbocycles. The zero-order chi connectivity index (χ0) is 15.3. The zero-order valence-corrected chi connectivity index (χ0v) is 12.3. The summed E-state index contributed by atoms with van der Waals surface area (Å²) in [6.45, 7) is 0. The van der Waals surface area contributed by atoms with Crippen molar-refractivity contribution in [2.75, 3.05) is 12.4 Å². The molecule has 1 aliphatic rings. The predicted molar refractivity (Wildman–Crippen MR) is 81.5 cm³/mol. The van der Waals surface area contributed by atoms with Gasteiger partial charge >= 0.3 is 5.97 Å². The Balaban J connectivity index is 2.06. The summed E-state index contributed by atoms with van der Waals surface area (Å²) in [5, 5.41) is 15.2. The maximum atomic E-state index is 12.3. The first-order valence-corrected chi connectivity index (χ1v) is 7.37. The fourth-order valence-corrected chi connectivity index (χ4v) is 3.02. The average molecular weight is 290 g/mol. The molecule has 5 heteroatoms. The van der Waals surface area contributed by atoms with Crippen LogP contribution >= 0.6 is 0 Å². The second-order valence-electron chi connectivity index (χ2n) is 5.67.